The number of hydrogen-bond acceptors (Lipinski definition) is 2. The minimum atomic E-state index is -0.312. The van der Waals surface area contributed by atoms with Gasteiger partial charge < -0.3 is 15.1 Å². The van der Waals surface area contributed by atoms with Crippen LogP contribution in [0.2, 0.25) is 0 Å². The average Bonchev–Trinajstić information content (AvgIpc) is 3.03. The number of hydrogen-bond donors (Lipinski definition) is 1. The first-order chi connectivity index (χ1) is 10.9. The van der Waals surface area contributed by atoms with E-state index >= 15 is 0 Å². The number of likely N-dealkylation sites (tertiary alicyclic amines) is 1. The molecule has 0 unspecified atom stereocenters. The zero-order valence-corrected chi connectivity index (χ0v) is 13.5. The fraction of sp³-hybridized carbons (Fsp3) is 0.529. The van der Waals surface area contributed by atoms with Crippen LogP contribution < -0.4 is 10.2 Å². The molecule has 3 rings (SSSR count). The molecule has 0 radical (unpaired) electrons. The predicted molar refractivity (Wildman–Crippen MR) is 85.7 cm³/mol. The van der Waals surface area contributed by atoms with Gasteiger partial charge in [0.1, 0.15) is 5.82 Å². The van der Waals surface area contributed by atoms with Crippen molar-refractivity contribution in [3.63, 3.8) is 0 Å². The van der Waals surface area contributed by atoms with Gasteiger partial charge in [0.05, 0.1) is 0 Å². The molecule has 0 bridgehead atoms. The maximum Gasteiger partial charge on any atom is 0.317 e. The maximum absolute atomic E-state index is 13.1. The minimum Gasteiger partial charge on any atom is -0.336 e. The molecule has 0 saturated carbocycles. The third-order valence-electron chi connectivity index (χ3n) is 4.60. The van der Waals surface area contributed by atoms with Gasteiger partial charge in [-0.25, -0.2) is 9.18 Å². The Morgan fingerprint density at radius 2 is 1.96 bits per heavy atom. The van der Waals surface area contributed by atoms with E-state index in [-0.39, 0.29) is 29.2 Å². The molecular weight excluding hydrogens is 297 g/mol. The van der Waals surface area contributed by atoms with Crippen molar-refractivity contribution in [1.29, 1.82) is 0 Å². The van der Waals surface area contributed by atoms with Gasteiger partial charge in [0.15, 0.2) is 0 Å². The van der Waals surface area contributed by atoms with Crippen molar-refractivity contribution in [1.82, 2.24) is 10.2 Å². The van der Waals surface area contributed by atoms with Gasteiger partial charge in [-0.05, 0) is 44.5 Å². The topological polar surface area (TPSA) is 52.7 Å². The molecule has 124 valence electrons. The Morgan fingerprint density at radius 3 is 2.61 bits per heavy atom. The lowest BCUT2D eigenvalue weighted by molar-refractivity contribution is -0.117. The predicted octanol–water partition coefficient (Wildman–Crippen LogP) is 2.37. The molecule has 0 aliphatic carbocycles. The second-order valence-corrected chi connectivity index (χ2v) is 6.91. The molecule has 2 aliphatic rings. The summed E-state index contributed by atoms with van der Waals surface area (Å²) in [4.78, 5) is 28.0. The smallest absolute Gasteiger partial charge is 0.317 e. The van der Waals surface area contributed by atoms with E-state index in [0.29, 0.717) is 26.1 Å². The number of halogens is 1. The highest BCUT2D eigenvalue weighted by atomic mass is 19.1. The van der Waals surface area contributed by atoms with E-state index in [1.54, 1.807) is 21.9 Å². The van der Waals surface area contributed by atoms with Gasteiger partial charge in [-0.2, -0.15) is 0 Å². The summed E-state index contributed by atoms with van der Waals surface area (Å²) in [5.74, 6) is -0.268. The number of carbonyl (C=O) groups is 2. The summed E-state index contributed by atoms with van der Waals surface area (Å²) in [5, 5.41) is 2.90. The van der Waals surface area contributed by atoms with Crippen molar-refractivity contribution in [2.45, 2.75) is 32.7 Å². The zero-order valence-electron chi connectivity index (χ0n) is 13.5. The van der Waals surface area contributed by atoms with Gasteiger partial charge in [0.2, 0.25) is 5.91 Å². The van der Waals surface area contributed by atoms with Gasteiger partial charge in [-0.1, -0.05) is 0 Å². The second kappa shape index (κ2) is 5.83. The Kier molecular flexibility index (Phi) is 4.00. The number of rotatable bonds is 2. The third kappa shape index (κ3) is 3.16. The summed E-state index contributed by atoms with van der Waals surface area (Å²) in [7, 11) is 0. The van der Waals surface area contributed by atoms with Gasteiger partial charge in [0, 0.05) is 43.2 Å². The van der Waals surface area contributed by atoms with Crippen LogP contribution in [0.4, 0.5) is 14.9 Å². The Bertz CT molecular complexity index is 617. The molecule has 1 spiro atoms. The van der Waals surface area contributed by atoms with Crippen LogP contribution in [-0.2, 0) is 4.79 Å². The molecule has 2 fully saturated rings. The summed E-state index contributed by atoms with van der Waals surface area (Å²) in [6.45, 7) is 5.71. The van der Waals surface area contributed by atoms with Gasteiger partial charge in [-0.15, -0.1) is 0 Å². The van der Waals surface area contributed by atoms with Gasteiger partial charge in [-0.3, -0.25) is 4.79 Å². The Morgan fingerprint density at radius 1 is 1.26 bits per heavy atom. The Labute approximate surface area is 135 Å². The first-order valence-electron chi connectivity index (χ1n) is 8.00. The lowest BCUT2D eigenvalue weighted by Crippen LogP contribution is -2.43. The summed E-state index contributed by atoms with van der Waals surface area (Å²) in [6.07, 6.45) is 1.26. The number of urea groups is 1. The highest BCUT2D eigenvalue weighted by Gasteiger charge is 2.48. The van der Waals surface area contributed by atoms with Crippen LogP contribution in [-0.4, -0.2) is 42.5 Å². The van der Waals surface area contributed by atoms with Crippen LogP contribution in [0.5, 0.6) is 0 Å². The monoisotopic (exact) mass is 319 g/mol. The molecule has 6 heteroatoms. The summed E-state index contributed by atoms with van der Waals surface area (Å²) >= 11 is 0. The van der Waals surface area contributed by atoms with E-state index in [0.717, 1.165) is 12.1 Å². The number of carbonyl (C=O) groups excluding carboxylic acids is 2. The molecular formula is C17H22FN3O2. The van der Waals surface area contributed by atoms with E-state index in [9.17, 15) is 14.0 Å². The van der Waals surface area contributed by atoms with Gasteiger partial charge in [0.25, 0.3) is 0 Å². The summed E-state index contributed by atoms with van der Waals surface area (Å²) in [5.41, 5.74) is 0.540. The maximum atomic E-state index is 13.1. The fourth-order valence-corrected chi connectivity index (χ4v) is 3.47. The molecule has 1 aromatic carbocycles. The minimum absolute atomic E-state index is 0.0442. The van der Waals surface area contributed by atoms with Crippen molar-refractivity contribution in [2.24, 2.45) is 5.41 Å². The Balaban J connectivity index is 1.70. The Hall–Kier alpha value is -2.11. The van der Waals surface area contributed by atoms with Crippen LogP contribution in [0.3, 0.4) is 0 Å². The number of nitrogens with one attached hydrogen (secondary N) is 1. The number of amides is 3. The molecule has 2 aliphatic heterocycles. The van der Waals surface area contributed by atoms with Crippen molar-refractivity contribution >= 4 is 17.6 Å². The molecule has 2 saturated heterocycles. The fourth-order valence-electron chi connectivity index (χ4n) is 3.47. The average molecular weight is 319 g/mol. The molecule has 1 aromatic rings. The van der Waals surface area contributed by atoms with E-state index in [2.05, 4.69) is 5.32 Å². The molecule has 23 heavy (non-hydrogen) atoms. The van der Waals surface area contributed by atoms with E-state index in [4.69, 9.17) is 0 Å². The van der Waals surface area contributed by atoms with Gasteiger partial charge >= 0.3 is 6.03 Å². The third-order valence-corrected chi connectivity index (χ3v) is 4.60. The summed E-state index contributed by atoms with van der Waals surface area (Å²) in [6, 6.07) is 6.02. The van der Waals surface area contributed by atoms with E-state index in [1.807, 2.05) is 13.8 Å². The number of nitrogens with zero attached hydrogens (tertiary/aromatic N) is 2. The molecule has 3 amide bonds. The van der Waals surface area contributed by atoms with E-state index < -0.39 is 0 Å². The first-order valence-corrected chi connectivity index (χ1v) is 8.00. The van der Waals surface area contributed by atoms with Crippen LogP contribution in [0.15, 0.2) is 24.3 Å². The molecule has 0 aromatic heterocycles. The van der Waals surface area contributed by atoms with Crippen LogP contribution in [0, 0.1) is 11.2 Å². The van der Waals surface area contributed by atoms with Crippen molar-refractivity contribution in [3.05, 3.63) is 30.1 Å². The quantitative estimate of drug-likeness (QED) is 0.910. The first kappa shape index (κ1) is 15.8. The molecule has 1 N–H and O–H groups in total. The lowest BCUT2D eigenvalue weighted by atomic mass is 9.86. The van der Waals surface area contributed by atoms with Crippen molar-refractivity contribution in [2.75, 3.05) is 24.5 Å². The van der Waals surface area contributed by atoms with E-state index in [1.165, 1.54) is 12.1 Å². The lowest BCUT2D eigenvalue weighted by Gasteiger charge is -2.25. The standard InChI is InChI=1S/C17H22FN3O2/c1-12(2)19-16(23)20-8-7-17(10-20)9-15(22)21(11-17)14-5-3-13(18)4-6-14/h3-6,12H,7-11H2,1-2H3,(H,19,23)/t17-/m1/s1. The van der Waals surface area contributed by atoms with Crippen LogP contribution in [0.25, 0.3) is 0 Å². The van der Waals surface area contributed by atoms with Crippen molar-refractivity contribution in [3.8, 4) is 0 Å². The normalized spacial score (nSPS) is 24.1. The number of anilines is 1. The van der Waals surface area contributed by atoms with Crippen LogP contribution >= 0.6 is 0 Å². The zero-order chi connectivity index (χ0) is 16.6. The summed E-state index contributed by atoms with van der Waals surface area (Å²) < 4.78 is 13.1. The highest BCUT2D eigenvalue weighted by Crippen LogP contribution is 2.41. The van der Waals surface area contributed by atoms with Crippen molar-refractivity contribution < 1.29 is 14.0 Å². The molecule has 5 nitrogen and oxygen atoms in total. The SMILES string of the molecule is CC(C)NC(=O)N1CC[C@@]2(CC(=O)N(c3ccc(F)cc3)C2)C1. The molecule has 1 atom stereocenters. The van der Waals surface area contributed by atoms with Crippen LogP contribution in [0.1, 0.15) is 26.7 Å². The highest BCUT2D eigenvalue weighted by molar-refractivity contribution is 5.96. The second-order valence-electron chi connectivity index (χ2n) is 6.91. The number of benzene rings is 1. The largest absolute Gasteiger partial charge is 0.336 e. The molecule has 2 heterocycles.